The summed E-state index contributed by atoms with van der Waals surface area (Å²) in [5, 5.41) is 10.9. The molecule has 1 rings (SSSR count). The Morgan fingerprint density at radius 3 is 2.50 bits per heavy atom. The molecule has 0 aromatic heterocycles. The maximum Gasteiger partial charge on any atom is 0.279 e. The van der Waals surface area contributed by atoms with E-state index in [4.69, 9.17) is 15.5 Å². The van der Waals surface area contributed by atoms with Crippen LogP contribution >= 0.6 is 0 Å². The normalized spacial score (nSPS) is 11.2. The molecule has 6 heteroatoms. The molecule has 1 aromatic carbocycles. The Kier molecular flexibility index (Phi) is 3.46. The molecular weight excluding hydrogens is 212 g/mol. The molecule has 0 bridgehead atoms. The lowest BCUT2D eigenvalue weighted by molar-refractivity contribution is -0.386. The van der Waals surface area contributed by atoms with Crippen molar-refractivity contribution in [2.24, 2.45) is 5.90 Å². The van der Waals surface area contributed by atoms with Crippen LogP contribution < -0.4 is 10.6 Å². The van der Waals surface area contributed by atoms with Crippen LogP contribution in [0.4, 0.5) is 5.69 Å². The predicted molar refractivity (Wildman–Crippen MR) is 57.9 cm³/mol. The van der Waals surface area contributed by atoms with E-state index in [0.29, 0.717) is 11.3 Å². The van der Waals surface area contributed by atoms with Gasteiger partial charge in [0.2, 0.25) is 0 Å². The smallest absolute Gasteiger partial charge is 0.279 e. The SMILES string of the molecule is COc1ccc(C(C)(C)ON)c([N+](=O)[O-])c1. The standard InChI is InChI=1S/C10H14N2O4/c1-10(2,16-11)8-5-4-7(15-3)6-9(8)12(13)14/h4-6H,11H2,1-3H3. The molecule has 1 aromatic rings. The Morgan fingerprint density at radius 1 is 1.44 bits per heavy atom. The topological polar surface area (TPSA) is 87.6 Å². The number of nitrogens with two attached hydrogens (primary N) is 1. The van der Waals surface area contributed by atoms with E-state index in [0.717, 1.165) is 0 Å². The summed E-state index contributed by atoms with van der Waals surface area (Å²) >= 11 is 0. The number of hydrogen-bond acceptors (Lipinski definition) is 5. The van der Waals surface area contributed by atoms with E-state index in [-0.39, 0.29) is 5.69 Å². The monoisotopic (exact) mass is 226 g/mol. The van der Waals surface area contributed by atoms with Crippen molar-refractivity contribution in [1.82, 2.24) is 0 Å². The van der Waals surface area contributed by atoms with Crippen LogP contribution in [0.25, 0.3) is 0 Å². The lowest BCUT2D eigenvalue weighted by Crippen LogP contribution is -2.26. The van der Waals surface area contributed by atoms with Crippen molar-refractivity contribution in [2.75, 3.05) is 7.11 Å². The van der Waals surface area contributed by atoms with Crippen LogP contribution in [0.3, 0.4) is 0 Å². The highest BCUT2D eigenvalue weighted by atomic mass is 16.6. The third-order valence-corrected chi connectivity index (χ3v) is 2.34. The van der Waals surface area contributed by atoms with Crippen LogP contribution in [-0.4, -0.2) is 12.0 Å². The molecule has 0 aliphatic carbocycles. The second-order valence-electron chi connectivity index (χ2n) is 3.77. The van der Waals surface area contributed by atoms with E-state index < -0.39 is 10.5 Å². The first-order chi connectivity index (χ1) is 7.42. The molecule has 0 aliphatic rings. The number of hydrogen-bond donors (Lipinski definition) is 1. The summed E-state index contributed by atoms with van der Waals surface area (Å²) in [6.45, 7) is 3.31. The van der Waals surface area contributed by atoms with Crippen molar-refractivity contribution in [3.05, 3.63) is 33.9 Å². The van der Waals surface area contributed by atoms with E-state index >= 15 is 0 Å². The molecule has 0 amide bonds. The van der Waals surface area contributed by atoms with Crippen molar-refractivity contribution >= 4 is 5.69 Å². The fourth-order valence-corrected chi connectivity index (χ4v) is 1.36. The molecule has 0 heterocycles. The minimum Gasteiger partial charge on any atom is -0.497 e. The van der Waals surface area contributed by atoms with E-state index in [9.17, 15) is 10.1 Å². The zero-order chi connectivity index (χ0) is 12.3. The maximum absolute atomic E-state index is 10.9. The van der Waals surface area contributed by atoms with Crippen LogP contribution in [0.2, 0.25) is 0 Å². The van der Waals surface area contributed by atoms with Gasteiger partial charge in [0.05, 0.1) is 23.7 Å². The summed E-state index contributed by atoms with van der Waals surface area (Å²) in [5.74, 6) is 5.54. The van der Waals surface area contributed by atoms with Crippen LogP contribution in [0.1, 0.15) is 19.4 Å². The van der Waals surface area contributed by atoms with Crippen LogP contribution in [-0.2, 0) is 10.4 Å². The molecule has 0 unspecified atom stereocenters. The van der Waals surface area contributed by atoms with Crippen LogP contribution in [0.5, 0.6) is 5.75 Å². The van der Waals surface area contributed by atoms with Crippen molar-refractivity contribution in [2.45, 2.75) is 19.4 Å². The van der Waals surface area contributed by atoms with Gasteiger partial charge in [0.15, 0.2) is 0 Å². The molecule has 6 nitrogen and oxygen atoms in total. The van der Waals surface area contributed by atoms with Gasteiger partial charge in [0.25, 0.3) is 5.69 Å². The van der Waals surface area contributed by atoms with Gasteiger partial charge in [-0.15, -0.1) is 0 Å². The number of benzene rings is 1. The highest BCUT2D eigenvalue weighted by Gasteiger charge is 2.29. The summed E-state index contributed by atoms with van der Waals surface area (Å²) in [7, 11) is 1.45. The highest BCUT2D eigenvalue weighted by Crippen LogP contribution is 2.33. The van der Waals surface area contributed by atoms with Crippen molar-refractivity contribution in [3.8, 4) is 5.75 Å². The minimum atomic E-state index is -0.922. The largest absolute Gasteiger partial charge is 0.497 e. The third-order valence-electron chi connectivity index (χ3n) is 2.34. The Hall–Kier alpha value is -1.66. The Bertz CT molecular complexity index is 404. The van der Waals surface area contributed by atoms with Crippen LogP contribution in [0.15, 0.2) is 18.2 Å². The molecule has 16 heavy (non-hydrogen) atoms. The van der Waals surface area contributed by atoms with E-state index in [1.54, 1.807) is 26.0 Å². The zero-order valence-electron chi connectivity index (χ0n) is 9.39. The van der Waals surface area contributed by atoms with E-state index in [1.165, 1.54) is 13.2 Å². The second kappa shape index (κ2) is 4.46. The summed E-state index contributed by atoms with van der Waals surface area (Å²) in [5.41, 5.74) is -0.593. The number of nitro benzene ring substituents is 1. The number of rotatable bonds is 4. The number of nitrogens with zero attached hydrogens (tertiary/aromatic N) is 1. The molecule has 0 saturated carbocycles. The molecular formula is C10H14N2O4. The maximum atomic E-state index is 10.9. The van der Waals surface area contributed by atoms with E-state index in [1.807, 2.05) is 0 Å². The molecule has 88 valence electrons. The first-order valence-corrected chi connectivity index (χ1v) is 4.63. The lowest BCUT2D eigenvalue weighted by Gasteiger charge is -2.22. The molecule has 0 spiro atoms. The number of nitro groups is 1. The summed E-state index contributed by atoms with van der Waals surface area (Å²) < 4.78 is 4.93. The molecule has 0 fully saturated rings. The van der Waals surface area contributed by atoms with Gasteiger partial charge in [-0.3, -0.25) is 15.0 Å². The van der Waals surface area contributed by atoms with Gasteiger partial charge >= 0.3 is 0 Å². The highest BCUT2D eigenvalue weighted by molar-refractivity contribution is 5.48. The average Bonchev–Trinajstić information content (AvgIpc) is 2.28. The zero-order valence-corrected chi connectivity index (χ0v) is 9.39. The average molecular weight is 226 g/mol. The molecule has 0 atom stereocenters. The Balaban J connectivity index is 3.34. The first kappa shape index (κ1) is 12.4. The lowest BCUT2D eigenvalue weighted by atomic mass is 9.96. The quantitative estimate of drug-likeness (QED) is 0.624. The molecule has 0 aliphatic heterocycles. The van der Waals surface area contributed by atoms with Crippen molar-refractivity contribution in [1.29, 1.82) is 0 Å². The summed E-state index contributed by atoms with van der Waals surface area (Å²) in [4.78, 5) is 15.2. The summed E-state index contributed by atoms with van der Waals surface area (Å²) in [6, 6.07) is 4.54. The third kappa shape index (κ3) is 2.29. The van der Waals surface area contributed by atoms with Gasteiger partial charge in [0.1, 0.15) is 11.4 Å². The fourth-order valence-electron chi connectivity index (χ4n) is 1.36. The van der Waals surface area contributed by atoms with Gasteiger partial charge in [-0.25, -0.2) is 5.90 Å². The van der Waals surface area contributed by atoms with E-state index in [2.05, 4.69) is 0 Å². The number of methoxy groups -OCH3 is 1. The summed E-state index contributed by atoms with van der Waals surface area (Å²) in [6.07, 6.45) is 0. The van der Waals surface area contributed by atoms with Gasteiger partial charge in [0, 0.05) is 0 Å². The molecule has 0 radical (unpaired) electrons. The van der Waals surface area contributed by atoms with Crippen molar-refractivity contribution < 1.29 is 14.5 Å². The minimum absolute atomic E-state index is 0.0743. The second-order valence-corrected chi connectivity index (χ2v) is 3.77. The fraction of sp³-hybridized carbons (Fsp3) is 0.400. The number of ether oxygens (including phenoxy) is 1. The predicted octanol–water partition coefficient (Wildman–Crippen LogP) is 1.73. The molecule has 2 N–H and O–H groups in total. The molecule has 0 saturated heterocycles. The van der Waals surface area contributed by atoms with Crippen LogP contribution in [0, 0.1) is 10.1 Å². The Morgan fingerprint density at radius 2 is 2.06 bits per heavy atom. The van der Waals surface area contributed by atoms with Gasteiger partial charge < -0.3 is 4.74 Å². The first-order valence-electron chi connectivity index (χ1n) is 4.63. The van der Waals surface area contributed by atoms with Gasteiger partial charge in [-0.05, 0) is 26.0 Å². The van der Waals surface area contributed by atoms with Gasteiger partial charge in [-0.1, -0.05) is 0 Å². The van der Waals surface area contributed by atoms with Crippen molar-refractivity contribution in [3.63, 3.8) is 0 Å². The van der Waals surface area contributed by atoms with Gasteiger partial charge in [-0.2, -0.15) is 0 Å². The Labute approximate surface area is 93.1 Å².